The fourth-order valence-corrected chi connectivity index (χ4v) is 4.34. The Balaban J connectivity index is 2.27. The van der Waals surface area contributed by atoms with Crippen molar-refractivity contribution in [2.24, 2.45) is 11.1 Å². The van der Waals surface area contributed by atoms with Crippen LogP contribution in [0.4, 0.5) is 0 Å². The molecule has 6 nitrogen and oxygen atoms in total. The molecule has 1 fully saturated rings. The summed E-state index contributed by atoms with van der Waals surface area (Å²) in [7, 11) is -4.04. The first-order valence-corrected chi connectivity index (χ1v) is 9.91. The number of benzene rings is 1. The Morgan fingerprint density at radius 2 is 1.88 bits per heavy atom. The second kappa shape index (κ2) is 7.45. The van der Waals surface area contributed by atoms with E-state index in [1.165, 1.54) is 6.07 Å². The second-order valence-corrected chi connectivity index (χ2v) is 8.79. The molecule has 24 heavy (non-hydrogen) atoms. The highest BCUT2D eigenvalue weighted by molar-refractivity contribution is 7.89. The van der Waals surface area contributed by atoms with Crippen LogP contribution < -0.4 is 10.5 Å². The molecule has 1 saturated heterocycles. The van der Waals surface area contributed by atoms with Gasteiger partial charge in [-0.2, -0.15) is 0 Å². The molecule has 4 N–H and O–H groups in total. The SMILES string of the molecule is CC(C)(OC(O)c1cc(S(N)(=O)=O)c(Cl)cc1Cl)C1CCNCC1. The van der Waals surface area contributed by atoms with Crippen LogP contribution in [-0.2, 0) is 14.8 Å². The van der Waals surface area contributed by atoms with Crippen molar-refractivity contribution in [2.45, 2.75) is 43.5 Å². The zero-order valence-electron chi connectivity index (χ0n) is 13.6. The molecule has 1 atom stereocenters. The smallest absolute Gasteiger partial charge is 0.239 e. The molecular weight excluding hydrogens is 375 g/mol. The Kier molecular flexibility index (Phi) is 6.18. The highest BCUT2D eigenvalue weighted by atomic mass is 35.5. The van der Waals surface area contributed by atoms with Crippen molar-refractivity contribution in [3.8, 4) is 0 Å². The summed E-state index contributed by atoms with van der Waals surface area (Å²) in [6.07, 6.45) is 0.465. The van der Waals surface area contributed by atoms with Crippen molar-refractivity contribution < 1.29 is 18.3 Å². The molecule has 0 amide bonds. The number of halogens is 2. The van der Waals surface area contributed by atoms with E-state index in [0.29, 0.717) is 0 Å². The third kappa shape index (κ3) is 4.60. The molecule has 0 radical (unpaired) electrons. The number of aliphatic hydroxyl groups is 1. The lowest BCUT2D eigenvalue weighted by Gasteiger charge is -2.38. The highest BCUT2D eigenvalue weighted by Gasteiger charge is 2.34. The highest BCUT2D eigenvalue weighted by Crippen LogP contribution is 2.37. The van der Waals surface area contributed by atoms with E-state index in [2.05, 4.69) is 5.32 Å². The standard InChI is InChI=1S/C15H22Cl2N2O4S/c1-15(2,9-3-5-19-6-4-9)23-14(20)10-7-13(24(18,21)22)12(17)8-11(10)16/h7-9,14,19-20H,3-6H2,1-2H3,(H2,18,21,22). The van der Waals surface area contributed by atoms with E-state index in [0.717, 1.165) is 32.0 Å². The summed E-state index contributed by atoms with van der Waals surface area (Å²) in [5.41, 5.74) is -0.487. The van der Waals surface area contributed by atoms with Gasteiger partial charge in [0.15, 0.2) is 6.29 Å². The van der Waals surface area contributed by atoms with Crippen molar-refractivity contribution in [3.63, 3.8) is 0 Å². The summed E-state index contributed by atoms with van der Waals surface area (Å²) in [4.78, 5) is -0.300. The number of primary sulfonamides is 1. The fraction of sp³-hybridized carbons (Fsp3) is 0.600. The minimum absolute atomic E-state index is 0.101. The lowest BCUT2D eigenvalue weighted by atomic mass is 9.83. The summed E-state index contributed by atoms with van der Waals surface area (Å²) in [5, 5.41) is 18.9. The van der Waals surface area contributed by atoms with Gasteiger partial charge in [-0.05, 0) is 57.8 Å². The molecule has 1 aliphatic heterocycles. The maximum absolute atomic E-state index is 11.6. The number of aliphatic hydroxyl groups excluding tert-OH is 1. The number of piperidine rings is 1. The Bertz CT molecular complexity index is 704. The molecular formula is C15H22Cl2N2O4S. The maximum Gasteiger partial charge on any atom is 0.239 e. The molecule has 1 unspecified atom stereocenters. The van der Waals surface area contributed by atoms with Gasteiger partial charge in [0.05, 0.1) is 15.6 Å². The van der Waals surface area contributed by atoms with Crippen LogP contribution in [0.5, 0.6) is 0 Å². The summed E-state index contributed by atoms with van der Waals surface area (Å²) < 4.78 is 29.0. The first-order chi connectivity index (χ1) is 11.0. The summed E-state index contributed by atoms with van der Waals surface area (Å²) >= 11 is 12.0. The van der Waals surface area contributed by atoms with Gasteiger partial charge in [-0.1, -0.05) is 23.2 Å². The largest absolute Gasteiger partial charge is 0.364 e. The monoisotopic (exact) mass is 396 g/mol. The van der Waals surface area contributed by atoms with Crippen molar-refractivity contribution in [1.29, 1.82) is 0 Å². The van der Waals surface area contributed by atoms with Crippen LogP contribution in [0.3, 0.4) is 0 Å². The van der Waals surface area contributed by atoms with Gasteiger partial charge < -0.3 is 15.2 Å². The van der Waals surface area contributed by atoms with Gasteiger partial charge in [0.25, 0.3) is 0 Å². The van der Waals surface area contributed by atoms with Crippen LogP contribution in [0.1, 0.15) is 38.5 Å². The van der Waals surface area contributed by atoms with Gasteiger partial charge in [0.2, 0.25) is 10.0 Å². The van der Waals surface area contributed by atoms with Gasteiger partial charge >= 0.3 is 0 Å². The zero-order chi connectivity index (χ0) is 18.1. The summed E-state index contributed by atoms with van der Waals surface area (Å²) in [6.45, 7) is 5.59. The zero-order valence-corrected chi connectivity index (χ0v) is 15.9. The van der Waals surface area contributed by atoms with Crippen LogP contribution in [0.25, 0.3) is 0 Å². The van der Waals surface area contributed by atoms with Crippen LogP contribution >= 0.6 is 23.2 Å². The third-order valence-corrected chi connectivity index (χ3v) is 6.06. The third-order valence-electron chi connectivity index (χ3n) is 4.36. The predicted molar refractivity (Wildman–Crippen MR) is 93.6 cm³/mol. The topological polar surface area (TPSA) is 102 Å². The summed E-state index contributed by atoms with van der Waals surface area (Å²) in [5.74, 6) is 0.261. The van der Waals surface area contributed by atoms with Crippen LogP contribution in [-0.4, -0.2) is 32.2 Å². The van der Waals surface area contributed by atoms with Crippen LogP contribution in [0.15, 0.2) is 17.0 Å². The molecule has 1 aromatic rings. The predicted octanol–water partition coefficient (Wildman–Crippen LogP) is 2.43. The van der Waals surface area contributed by atoms with Crippen molar-refractivity contribution in [1.82, 2.24) is 5.32 Å². The molecule has 0 bridgehead atoms. The first kappa shape index (κ1) is 19.9. The van der Waals surface area contributed by atoms with Gasteiger partial charge in [0.1, 0.15) is 4.90 Å². The maximum atomic E-state index is 11.6. The number of sulfonamides is 1. The van der Waals surface area contributed by atoms with E-state index in [-0.39, 0.29) is 26.4 Å². The molecule has 136 valence electrons. The van der Waals surface area contributed by atoms with Crippen LogP contribution in [0.2, 0.25) is 10.0 Å². The summed E-state index contributed by atoms with van der Waals surface area (Å²) in [6, 6.07) is 2.39. The van der Waals surface area contributed by atoms with Gasteiger partial charge in [-0.3, -0.25) is 0 Å². The number of nitrogens with one attached hydrogen (secondary N) is 1. The van der Waals surface area contributed by atoms with E-state index in [1.54, 1.807) is 0 Å². The lowest BCUT2D eigenvalue weighted by molar-refractivity contribution is -0.198. The number of hydrogen-bond donors (Lipinski definition) is 3. The average molecular weight is 397 g/mol. The molecule has 0 saturated carbocycles. The van der Waals surface area contributed by atoms with Crippen molar-refractivity contribution >= 4 is 33.2 Å². The Morgan fingerprint density at radius 3 is 2.42 bits per heavy atom. The van der Waals surface area contributed by atoms with E-state index in [1.807, 2.05) is 13.8 Å². The number of hydrogen-bond acceptors (Lipinski definition) is 5. The second-order valence-electron chi connectivity index (χ2n) is 6.45. The molecule has 2 rings (SSSR count). The molecule has 9 heteroatoms. The molecule has 0 spiro atoms. The van der Waals surface area contributed by atoms with E-state index in [9.17, 15) is 13.5 Å². The van der Waals surface area contributed by atoms with Crippen molar-refractivity contribution in [2.75, 3.05) is 13.1 Å². The van der Waals surface area contributed by atoms with Crippen molar-refractivity contribution in [3.05, 3.63) is 27.7 Å². The number of rotatable bonds is 5. The minimum Gasteiger partial charge on any atom is -0.364 e. The average Bonchev–Trinajstić information content (AvgIpc) is 2.46. The van der Waals surface area contributed by atoms with Gasteiger partial charge in [-0.25, -0.2) is 13.6 Å². The van der Waals surface area contributed by atoms with E-state index >= 15 is 0 Å². The Labute approximate surface area is 152 Å². The fourth-order valence-electron chi connectivity index (χ4n) is 2.92. The van der Waals surface area contributed by atoms with Gasteiger partial charge in [-0.15, -0.1) is 0 Å². The van der Waals surface area contributed by atoms with Gasteiger partial charge in [0, 0.05) is 5.56 Å². The minimum atomic E-state index is -4.04. The Hall–Kier alpha value is -0.410. The molecule has 1 aromatic carbocycles. The van der Waals surface area contributed by atoms with E-state index < -0.39 is 21.9 Å². The first-order valence-electron chi connectivity index (χ1n) is 7.60. The Morgan fingerprint density at radius 1 is 1.29 bits per heavy atom. The molecule has 0 aromatic heterocycles. The van der Waals surface area contributed by atoms with Crippen LogP contribution in [0, 0.1) is 5.92 Å². The molecule has 0 aliphatic carbocycles. The lowest BCUT2D eigenvalue weighted by Crippen LogP contribution is -2.42. The molecule has 1 heterocycles. The number of nitrogens with two attached hydrogens (primary N) is 1. The quantitative estimate of drug-likeness (QED) is 0.663. The number of ether oxygens (including phenoxy) is 1. The molecule has 1 aliphatic rings. The van der Waals surface area contributed by atoms with E-state index in [4.69, 9.17) is 33.1 Å². The normalized spacial score (nSPS) is 18.6.